The second-order valence-electron chi connectivity index (χ2n) is 10.6. The average Bonchev–Trinajstić information content (AvgIpc) is 3.58. The molecule has 1 N–H and O–H groups in total. The number of thioether (sulfide) groups is 1. The lowest BCUT2D eigenvalue weighted by atomic mass is 9.89. The molecule has 8 nitrogen and oxygen atoms in total. The average molecular weight is 620 g/mol. The van der Waals surface area contributed by atoms with Crippen LogP contribution in [0.15, 0.2) is 59.6 Å². The van der Waals surface area contributed by atoms with Crippen LogP contribution in [0.1, 0.15) is 56.4 Å². The van der Waals surface area contributed by atoms with E-state index < -0.39 is 11.5 Å². The molecule has 1 atom stereocenters. The maximum Gasteiger partial charge on any atom is 0.337 e. The Morgan fingerprint density at radius 1 is 1.02 bits per heavy atom. The quantitative estimate of drug-likeness (QED) is 0.216. The number of amides is 1. The van der Waals surface area contributed by atoms with Gasteiger partial charge in [-0.1, -0.05) is 54.0 Å². The van der Waals surface area contributed by atoms with E-state index in [1.54, 1.807) is 32.4 Å². The number of methoxy groups -OCH3 is 3. The van der Waals surface area contributed by atoms with Crippen LogP contribution in [0.3, 0.4) is 0 Å². The smallest absolute Gasteiger partial charge is 0.337 e. The zero-order valence-electron chi connectivity index (χ0n) is 25.0. The van der Waals surface area contributed by atoms with E-state index in [2.05, 4.69) is 24.4 Å². The Bertz CT molecular complexity index is 1750. The van der Waals surface area contributed by atoms with E-state index in [0.29, 0.717) is 51.7 Å². The highest BCUT2D eigenvalue weighted by Crippen LogP contribution is 2.46. The molecule has 0 aliphatic carbocycles. The summed E-state index contributed by atoms with van der Waals surface area (Å²) in [6.45, 7) is 6.60. The lowest BCUT2D eigenvalue weighted by Crippen LogP contribution is -2.30. The maximum absolute atomic E-state index is 13.9. The topological polar surface area (TPSA) is 91.2 Å². The van der Waals surface area contributed by atoms with Gasteiger partial charge in [0, 0.05) is 29.3 Å². The number of aryl methyl sites for hydroxylation is 2. The van der Waals surface area contributed by atoms with Gasteiger partial charge in [-0.05, 0) is 61.7 Å². The van der Waals surface area contributed by atoms with Crippen LogP contribution in [-0.4, -0.2) is 48.7 Å². The van der Waals surface area contributed by atoms with Gasteiger partial charge >= 0.3 is 5.97 Å². The number of benzene rings is 3. The molecule has 3 aromatic carbocycles. The van der Waals surface area contributed by atoms with Gasteiger partial charge < -0.3 is 18.8 Å². The molecule has 1 amide bonds. The molecule has 4 aromatic rings. The minimum Gasteiger partial charge on any atom is -0.496 e. The second-order valence-corrected chi connectivity index (χ2v) is 11.9. The fourth-order valence-corrected chi connectivity index (χ4v) is 7.06. The van der Waals surface area contributed by atoms with Crippen LogP contribution in [0.4, 0.5) is 0 Å². The number of hydrogen-bond acceptors (Lipinski definition) is 7. The molecule has 1 unspecified atom stereocenters. The highest BCUT2D eigenvalue weighted by atomic mass is 35.5. The number of carbonyl (C=O) groups is 2. The summed E-state index contributed by atoms with van der Waals surface area (Å²) in [6.07, 6.45) is 0.681. The Morgan fingerprint density at radius 3 is 2.40 bits per heavy atom. The highest BCUT2D eigenvalue weighted by molar-refractivity contribution is 8.14. The van der Waals surface area contributed by atoms with Crippen LogP contribution in [-0.2, 0) is 16.8 Å². The number of amidine groups is 1. The molecule has 10 heteroatoms. The summed E-state index contributed by atoms with van der Waals surface area (Å²) < 4.78 is 18.0. The van der Waals surface area contributed by atoms with Gasteiger partial charge in [0.15, 0.2) is 5.17 Å². The zero-order chi connectivity index (χ0) is 30.9. The number of aliphatic imine (C=N–C) groups is 1. The Morgan fingerprint density at radius 2 is 1.74 bits per heavy atom. The summed E-state index contributed by atoms with van der Waals surface area (Å²) in [6, 6.07) is 17.0. The first-order valence-corrected chi connectivity index (χ1v) is 15.2. The Kier molecular flexibility index (Phi) is 8.76. The van der Waals surface area contributed by atoms with Crippen molar-refractivity contribution in [1.82, 2.24) is 9.88 Å². The number of ether oxygens (including phenoxy) is 3. The molecule has 0 fully saturated rings. The van der Waals surface area contributed by atoms with Gasteiger partial charge in [-0.15, -0.1) is 0 Å². The fraction of sp³-hybridized carbons (Fsp3) is 0.303. The number of carbonyl (C=O) groups excluding carboxylic acids is 2. The summed E-state index contributed by atoms with van der Waals surface area (Å²) in [5, 5.41) is 5.05. The molecule has 43 heavy (non-hydrogen) atoms. The van der Waals surface area contributed by atoms with E-state index >= 15 is 0 Å². The van der Waals surface area contributed by atoms with Crippen LogP contribution in [0.25, 0.3) is 10.9 Å². The molecular formula is C33H34ClN3O5S. The third-order valence-corrected chi connectivity index (χ3v) is 9.20. The summed E-state index contributed by atoms with van der Waals surface area (Å²) in [7, 11) is 4.54. The van der Waals surface area contributed by atoms with Crippen molar-refractivity contribution in [3.05, 3.63) is 93.1 Å². The van der Waals surface area contributed by atoms with Crippen molar-refractivity contribution in [3.8, 4) is 11.5 Å². The number of fused-ring (bicyclic) bond motifs is 1. The standard InChI is InChI=1S/C33H34ClN3O5S/c1-7-33(24-15-28(41-5)25(34)16-27(24)40-4)18-43-32(36-33)35-30(38)26-14-23-13-19(2)12-20(3)29(23)37(26)17-21-8-10-22(11-9-21)31(39)42-6/h8-16H,7,17-18H2,1-6H3,(H,35,36,38). The van der Waals surface area contributed by atoms with Crippen molar-refractivity contribution in [2.24, 2.45) is 4.99 Å². The van der Waals surface area contributed by atoms with Crippen LogP contribution in [0, 0.1) is 13.8 Å². The van der Waals surface area contributed by atoms with Gasteiger partial charge in [-0.2, -0.15) is 0 Å². The van der Waals surface area contributed by atoms with Crippen molar-refractivity contribution in [2.45, 2.75) is 39.3 Å². The zero-order valence-corrected chi connectivity index (χ0v) is 26.6. The summed E-state index contributed by atoms with van der Waals surface area (Å²) >= 11 is 7.86. The number of nitrogens with one attached hydrogen (secondary N) is 1. The van der Waals surface area contributed by atoms with Crippen LogP contribution in [0.5, 0.6) is 11.5 Å². The predicted molar refractivity (Wildman–Crippen MR) is 172 cm³/mol. The van der Waals surface area contributed by atoms with Crippen molar-refractivity contribution in [3.63, 3.8) is 0 Å². The number of esters is 1. The van der Waals surface area contributed by atoms with Crippen LogP contribution >= 0.6 is 23.4 Å². The van der Waals surface area contributed by atoms with E-state index in [4.69, 9.17) is 30.8 Å². The van der Waals surface area contributed by atoms with E-state index in [1.165, 1.54) is 18.9 Å². The minimum atomic E-state index is -0.627. The van der Waals surface area contributed by atoms with Gasteiger partial charge in [0.25, 0.3) is 5.91 Å². The summed E-state index contributed by atoms with van der Waals surface area (Å²) in [5.41, 5.74) is 5.33. The molecule has 1 aliphatic rings. The van der Waals surface area contributed by atoms with Crippen molar-refractivity contribution >= 4 is 51.3 Å². The number of rotatable bonds is 8. The molecule has 0 bridgehead atoms. The number of aromatic nitrogens is 1. The molecular weight excluding hydrogens is 586 g/mol. The van der Waals surface area contributed by atoms with E-state index in [0.717, 1.165) is 33.2 Å². The monoisotopic (exact) mass is 619 g/mol. The number of hydrogen-bond donors (Lipinski definition) is 1. The largest absolute Gasteiger partial charge is 0.496 e. The number of nitrogens with zero attached hydrogens (tertiary/aromatic N) is 2. The number of halogens is 1. The summed E-state index contributed by atoms with van der Waals surface area (Å²) in [4.78, 5) is 30.9. The first kappa shape index (κ1) is 30.5. The second kappa shape index (κ2) is 12.3. The third-order valence-electron chi connectivity index (χ3n) is 7.82. The van der Waals surface area contributed by atoms with Crippen molar-refractivity contribution in [2.75, 3.05) is 27.1 Å². The highest BCUT2D eigenvalue weighted by Gasteiger charge is 2.39. The molecule has 0 saturated heterocycles. The predicted octanol–water partition coefficient (Wildman–Crippen LogP) is 6.90. The molecule has 2 heterocycles. The lowest BCUT2D eigenvalue weighted by molar-refractivity contribution is 0.0600. The normalized spacial score (nSPS) is 16.2. The lowest BCUT2D eigenvalue weighted by Gasteiger charge is -2.26. The van der Waals surface area contributed by atoms with Gasteiger partial charge in [0.05, 0.1) is 37.4 Å². The van der Waals surface area contributed by atoms with Crippen LogP contribution in [0.2, 0.25) is 5.02 Å². The van der Waals surface area contributed by atoms with Gasteiger partial charge in [-0.25, -0.2) is 9.79 Å². The molecule has 0 saturated carbocycles. The Hall–Kier alpha value is -3.95. The molecule has 224 valence electrons. The summed E-state index contributed by atoms with van der Waals surface area (Å²) in [5.74, 6) is 1.13. The third kappa shape index (κ3) is 5.84. The van der Waals surface area contributed by atoms with Gasteiger partial charge in [-0.3, -0.25) is 10.1 Å². The molecule has 1 aromatic heterocycles. The fourth-order valence-electron chi connectivity index (χ4n) is 5.62. The van der Waals surface area contributed by atoms with Crippen molar-refractivity contribution in [1.29, 1.82) is 0 Å². The van der Waals surface area contributed by atoms with E-state index in [1.807, 2.05) is 42.7 Å². The molecule has 0 spiro atoms. The minimum absolute atomic E-state index is 0.252. The maximum atomic E-state index is 13.9. The molecule has 1 aliphatic heterocycles. The molecule has 5 rings (SSSR count). The van der Waals surface area contributed by atoms with Crippen molar-refractivity contribution < 1.29 is 23.8 Å². The van der Waals surface area contributed by atoms with E-state index in [-0.39, 0.29) is 5.91 Å². The van der Waals surface area contributed by atoms with Gasteiger partial charge in [0.2, 0.25) is 0 Å². The van der Waals surface area contributed by atoms with Crippen LogP contribution < -0.4 is 14.8 Å². The SMILES string of the molecule is CCC1(c2cc(OC)c(Cl)cc2OC)CSC(NC(=O)c2cc3cc(C)cc(C)c3n2Cc2ccc(C(=O)OC)cc2)=N1. The van der Waals surface area contributed by atoms with Gasteiger partial charge in [0.1, 0.15) is 22.7 Å². The first-order chi connectivity index (χ1) is 20.6. The first-order valence-electron chi connectivity index (χ1n) is 13.9. The Labute approximate surface area is 260 Å². The Balaban J connectivity index is 1.51. The molecule has 0 radical (unpaired) electrons. The van der Waals surface area contributed by atoms with E-state index in [9.17, 15) is 9.59 Å².